The Hall–Kier alpha value is -1.67. The van der Waals surface area contributed by atoms with Gasteiger partial charge in [-0.25, -0.2) is 13.6 Å². The molecule has 1 aromatic carbocycles. The molecule has 3 rings (SSSR count). The lowest BCUT2D eigenvalue weighted by Gasteiger charge is -2.21. The van der Waals surface area contributed by atoms with E-state index in [2.05, 4.69) is 5.32 Å². The summed E-state index contributed by atoms with van der Waals surface area (Å²) in [6.45, 7) is -0.361. The number of β-amino-alcohol motifs (C(OH)–C–C–N with tert-alkyl or cyclic N) is 1. The third-order valence-electron chi connectivity index (χ3n) is 3.94. The molecule has 2 unspecified atom stereocenters. The van der Waals surface area contributed by atoms with Gasteiger partial charge in [-0.1, -0.05) is 6.07 Å². The summed E-state index contributed by atoms with van der Waals surface area (Å²) in [5.74, 6) is -0.801. The number of amides is 3. The number of aliphatic hydroxyl groups is 1. The van der Waals surface area contributed by atoms with Crippen molar-refractivity contribution in [2.75, 3.05) is 18.1 Å². The van der Waals surface area contributed by atoms with Gasteiger partial charge in [-0.15, -0.1) is 0 Å². The second-order valence-electron chi connectivity index (χ2n) is 5.41. The molecule has 3 amide bonds. The SMILES string of the molecule is O=C1NC2(CCSC2)C(=O)N1CC(O)c1ccc(F)cc1F. The third kappa shape index (κ3) is 2.46. The van der Waals surface area contributed by atoms with Crippen molar-refractivity contribution in [2.24, 2.45) is 0 Å². The Kier molecular flexibility index (Phi) is 3.82. The summed E-state index contributed by atoms with van der Waals surface area (Å²) in [5, 5.41) is 12.7. The van der Waals surface area contributed by atoms with Gasteiger partial charge in [0.15, 0.2) is 0 Å². The van der Waals surface area contributed by atoms with Gasteiger partial charge in [0, 0.05) is 17.4 Å². The van der Waals surface area contributed by atoms with Gasteiger partial charge in [-0.05, 0) is 18.2 Å². The highest BCUT2D eigenvalue weighted by Gasteiger charge is 2.53. The average Bonchev–Trinajstić information content (AvgIpc) is 3.00. The zero-order valence-corrected chi connectivity index (χ0v) is 12.3. The molecule has 118 valence electrons. The van der Waals surface area contributed by atoms with Crippen LogP contribution >= 0.6 is 11.8 Å². The summed E-state index contributed by atoms with van der Waals surface area (Å²) in [4.78, 5) is 25.3. The van der Waals surface area contributed by atoms with Crippen LogP contribution in [-0.2, 0) is 4.79 Å². The van der Waals surface area contributed by atoms with E-state index in [4.69, 9.17) is 0 Å². The predicted octanol–water partition coefficient (Wildman–Crippen LogP) is 1.43. The first-order valence-electron chi connectivity index (χ1n) is 6.78. The zero-order chi connectivity index (χ0) is 15.9. The second-order valence-corrected chi connectivity index (χ2v) is 6.52. The van der Waals surface area contributed by atoms with E-state index in [-0.39, 0.29) is 12.1 Å². The van der Waals surface area contributed by atoms with Gasteiger partial charge in [0.2, 0.25) is 0 Å². The lowest BCUT2D eigenvalue weighted by molar-refractivity contribution is -0.131. The fourth-order valence-corrected chi connectivity index (χ4v) is 4.04. The van der Waals surface area contributed by atoms with E-state index in [1.807, 2.05) is 0 Å². The molecule has 0 aromatic heterocycles. The van der Waals surface area contributed by atoms with E-state index in [1.165, 1.54) is 0 Å². The molecule has 8 heteroatoms. The van der Waals surface area contributed by atoms with Crippen LogP contribution in [0.4, 0.5) is 13.6 Å². The molecule has 2 aliphatic rings. The summed E-state index contributed by atoms with van der Waals surface area (Å²) in [6, 6.07) is 2.19. The van der Waals surface area contributed by atoms with Crippen molar-refractivity contribution in [2.45, 2.75) is 18.1 Å². The zero-order valence-electron chi connectivity index (χ0n) is 11.5. The first-order valence-corrected chi connectivity index (χ1v) is 7.93. The van der Waals surface area contributed by atoms with E-state index >= 15 is 0 Å². The minimum atomic E-state index is -1.40. The topological polar surface area (TPSA) is 69.6 Å². The van der Waals surface area contributed by atoms with Gasteiger partial charge in [0.1, 0.15) is 17.2 Å². The Bertz CT molecular complexity index is 635. The van der Waals surface area contributed by atoms with Crippen molar-refractivity contribution in [1.29, 1.82) is 0 Å². The maximum Gasteiger partial charge on any atom is 0.325 e. The van der Waals surface area contributed by atoms with Crippen LogP contribution in [0.15, 0.2) is 18.2 Å². The van der Waals surface area contributed by atoms with E-state index in [1.54, 1.807) is 11.8 Å². The number of thioether (sulfide) groups is 1. The van der Waals surface area contributed by atoms with Crippen LogP contribution in [-0.4, -0.2) is 45.5 Å². The normalized spacial score (nSPS) is 25.9. The summed E-state index contributed by atoms with van der Waals surface area (Å²) >= 11 is 1.57. The van der Waals surface area contributed by atoms with Gasteiger partial charge in [0.25, 0.3) is 5.91 Å². The molecule has 1 aromatic rings. The standard InChI is InChI=1S/C14H14F2N2O3S/c15-8-1-2-9(10(16)5-8)11(19)6-18-12(20)14(17-13(18)21)3-4-22-7-14/h1-2,5,11,19H,3-4,6-7H2,(H,17,21). The molecule has 2 saturated heterocycles. The van der Waals surface area contributed by atoms with Crippen LogP contribution in [0.25, 0.3) is 0 Å². The predicted molar refractivity (Wildman–Crippen MR) is 76.2 cm³/mol. The minimum Gasteiger partial charge on any atom is -0.386 e. The Labute approximate surface area is 129 Å². The number of urea groups is 1. The van der Waals surface area contributed by atoms with Crippen LogP contribution in [0.2, 0.25) is 0 Å². The molecule has 0 aliphatic carbocycles. The van der Waals surface area contributed by atoms with Gasteiger partial charge in [0.05, 0.1) is 12.6 Å². The van der Waals surface area contributed by atoms with Gasteiger partial charge >= 0.3 is 6.03 Å². The molecule has 2 atom stereocenters. The first kappa shape index (κ1) is 15.2. The summed E-state index contributed by atoms with van der Waals surface area (Å²) in [7, 11) is 0. The van der Waals surface area contributed by atoms with Crippen molar-refractivity contribution in [1.82, 2.24) is 10.2 Å². The molecular formula is C14H14F2N2O3S. The molecule has 2 N–H and O–H groups in total. The molecule has 0 saturated carbocycles. The maximum absolute atomic E-state index is 13.7. The molecular weight excluding hydrogens is 314 g/mol. The quantitative estimate of drug-likeness (QED) is 0.824. The molecule has 1 spiro atoms. The lowest BCUT2D eigenvalue weighted by atomic mass is 9.99. The fourth-order valence-electron chi connectivity index (χ4n) is 2.72. The van der Waals surface area contributed by atoms with Crippen molar-refractivity contribution >= 4 is 23.7 Å². The van der Waals surface area contributed by atoms with Gasteiger partial charge in [-0.3, -0.25) is 9.69 Å². The smallest absolute Gasteiger partial charge is 0.325 e. The Morgan fingerprint density at radius 3 is 2.82 bits per heavy atom. The van der Waals surface area contributed by atoms with E-state index < -0.39 is 35.2 Å². The summed E-state index contributed by atoms with van der Waals surface area (Å²) in [5.41, 5.74) is -1.05. The van der Waals surface area contributed by atoms with Crippen LogP contribution in [0.5, 0.6) is 0 Å². The second kappa shape index (κ2) is 5.51. The number of aliphatic hydroxyl groups excluding tert-OH is 1. The number of nitrogens with zero attached hydrogens (tertiary/aromatic N) is 1. The van der Waals surface area contributed by atoms with Crippen LogP contribution in [0, 0.1) is 11.6 Å². The van der Waals surface area contributed by atoms with Crippen molar-refractivity contribution in [3.63, 3.8) is 0 Å². The number of imide groups is 1. The number of carbonyl (C=O) groups is 2. The summed E-state index contributed by atoms with van der Waals surface area (Å²) < 4.78 is 26.5. The van der Waals surface area contributed by atoms with Crippen molar-refractivity contribution in [3.05, 3.63) is 35.4 Å². The molecule has 5 nitrogen and oxygen atoms in total. The van der Waals surface area contributed by atoms with E-state index in [9.17, 15) is 23.5 Å². The van der Waals surface area contributed by atoms with E-state index in [0.29, 0.717) is 18.2 Å². The Balaban J connectivity index is 1.77. The number of hydrogen-bond donors (Lipinski definition) is 2. The van der Waals surface area contributed by atoms with Crippen LogP contribution in [0.1, 0.15) is 18.1 Å². The van der Waals surface area contributed by atoms with Crippen LogP contribution < -0.4 is 5.32 Å². The molecule has 0 radical (unpaired) electrons. The third-order valence-corrected chi connectivity index (χ3v) is 5.13. The van der Waals surface area contributed by atoms with Crippen LogP contribution in [0.3, 0.4) is 0 Å². The highest BCUT2D eigenvalue weighted by molar-refractivity contribution is 7.99. The molecule has 2 aliphatic heterocycles. The van der Waals surface area contributed by atoms with Crippen molar-refractivity contribution in [3.8, 4) is 0 Å². The van der Waals surface area contributed by atoms with Crippen molar-refractivity contribution < 1.29 is 23.5 Å². The average molecular weight is 328 g/mol. The molecule has 0 bridgehead atoms. The minimum absolute atomic E-state index is 0.149. The monoisotopic (exact) mass is 328 g/mol. The largest absolute Gasteiger partial charge is 0.386 e. The van der Waals surface area contributed by atoms with Gasteiger partial charge < -0.3 is 10.4 Å². The van der Waals surface area contributed by atoms with Gasteiger partial charge in [-0.2, -0.15) is 11.8 Å². The summed E-state index contributed by atoms with van der Waals surface area (Å²) in [6.07, 6.45) is -0.862. The number of benzene rings is 1. The van der Waals surface area contributed by atoms with E-state index in [0.717, 1.165) is 22.8 Å². The molecule has 2 fully saturated rings. The molecule has 22 heavy (non-hydrogen) atoms. The number of halogens is 2. The number of nitrogens with one attached hydrogen (secondary N) is 1. The first-order chi connectivity index (χ1) is 10.4. The lowest BCUT2D eigenvalue weighted by Crippen LogP contribution is -2.47. The Morgan fingerprint density at radius 2 is 2.18 bits per heavy atom. The number of hydrogen-bond acceptors (Lipinski definition) is 4. The number of rotatable bonds is 3. The number of carbonyl (C=O) groups excluding carboxylic acids is 2. The maximum atomic E-state index is 13.7. The molecule has 2 heterocycles. The Morgan fingerprint density at radius 1 is 1.41 bits per heavy atom. The highest BCUT2D eigenvalue weighted by Crippen LogP contribution is 2.34. The fraction of sp³-hybridized carbons (Fsp3) is 0.429. The highest BCUT2D eigenvalue weighted by atomic mass is 32.2.